The molecule has 0 unspecified atom stereocenters. The highest BCUT2D eigenvalue weighted by molar-refractivity contribution is 5.44. The Balaban J connectivity index is 2.24. The summed E-state index contributed by atoms with van der Waals surface area (Å²) in [6, 6.07) is 5.25. The molecule has 0 spiro atoms. The first-order valence-corrected chi connectivity index (χ1v) is 4.59. The maximum Gasteiger partial charge on any atom is 0.405 e. The zero-order valence-corrected chi connectivity index (χ0v) is 8.41. The third-order valence-corrected chi connectivity index (χ3v) is 2.00. The van der Waals surface area contributed by atoms with Crippen LogP contribution in [-0.2, 0) is 0 Å². The molecule has 4 nitrogen and oxygen atoms in total. The van der Waals surface area contributed by atoms with Crippen molar-refractivity contribution in [1.29, 1.82) is 0 Å². The Kier molecular flexibility index (Phi) is 2.45. The molecule has 0 amide bonds. The topological polar surface area (TPSA) is 42.2 Å². The Hall–Kier alpha value is -1.79. The molecule has 0 fully saturated rings. The third kappa shape index (κ3) is 2.23. The minimum atomic E-state index is -4.27. The second-order valence-electron chi connectivity index (χ2n) is 3.34. The molecule has 2 aromatic heterocycles. The van der Waals surface area contributed by atoms with Gasteiger partial charge in [-0.1, -0.05) is 6.07 Å². The van der Waals surface area contributed by atoms with E-state index in [1.54, 1.807) is 25.1 Å². The van der Waals surface area contributed by atoms with Gasteiger partial charge >= 0.3 is 6.18 Å². The summed E-state index contributed by atoms with van der Waals surface area (Å²) < 4.78 is 37.3. The van der Waals surface area contributed by atoms with Crippen LogP contribution in [0.1, 0.15) is 5.69 Å². The quantitative estimate of drug-likeness (QED) is 0.858. The van der Waals surface area contributed by atoms with Crippen LogP contribution in [0.15, 0.2) is 18.2 Å². The molecule has 16 heavy (non-hydrogen) atoms. The van der Waals surface area contributed by atoms with Gasteiger partial charge in [0.1, 0.15) is 6.54 Å². The molecular formula is C9H9F3N4. The summed E-state index contributed by atoms with van der Waals surface area (Å²) in [5.41, 5.74) is 1.33. The molecule has 0 radical (unpaired) electrons. The first kappa shape index (κ1) is 10.7. The van der Waals surface area contributed by atoms with Gasteiger partial charge < -0.3 is 5.32 Å². The number of rotatable bonds is 2. The van der Waals surface area contributed by atoms with Crippen molar-refractivity contribution in [3.05, 3.63) is 23.9 Å². The number of anilines is 1. The summed E-state index contributed by atoms with van der Waals surface area (Å²) >= 11 is 0. The average Bonchev–Trinajstić information content (AvgIpc) is 2.58. The number of nitrogens with one attached hydrogen (secondary N) is 1. The van der Waals surface area contributed by atoms with E-state index in [9.17, 15) is 13.2 Å². The highest BCUT2D eigenvalue weighted by Crippen LogP contribution is 2.15. The lowest BCUT2D eigenvalue weighted by atomic mass is 10.4. The van der Waals surface area contributed by atoms with Crippen molar-refractivity contribution in [3.63, 3.8) is 0 Å². The van der Waals surface area contributed by atoms with E-state index in [4.69, 9.17) is 0 Å². The average molecular weight is 230 g/mol. The van der Waals surface area contributed by atoms with Crippen molar-refractivity contribution >= 4 is 11.6 Å². The Morgan fingerprint density at radius 2 is 2.12 bits per heavy atom. The third-order valence-electron chi connectivity index (χ3n) is 2.00. The van der Waals surface area contributed by atoms with E-state index >= 15 is 0 Å². The molecule has 0 bridgehead atoms. The number of aromatic nitrogens is 3. The van der Waals surface area contributed by atoms with E-state index in [0.717, 1.165) is 5.69 Å². The maximum absolute atomic E-state index is 12.0. The normalized spacial score (nSPS) is 12.0. The number of aryl methyl sites for hydroxylation is 1. The van der Waals surface area contributed by atoms with Gasteiger partial charge in [-0.15, -0.1) is 5.10 Å². The number of hydrogen-bond acceptors (Lipinski definition) is 3. The van der Waals surface area contributed by atoms with Gasteiger partial charge in [-0.05, 0) is 19.1 Å². The number of nitrogens with zero attached hydrogens (tertiary/aromatic N) is 3. The predicted octanol–water partition coefficient (Wildman–Crippen LogP) is 2.01. The summed E-state index contributed by atoms with van der Waals surface area (Å²) in [5.74, 6) is -0.0216. The second kappa shape index (κ2) is 3.66. The lowest BCUT2D eigenvalue weighted by molar-refractivity contribution is -0.115. The molecule has 0 atom stereocenters. The zero-order chi connectivity index (χ0) is 11.8. The zero-order valence-electron chi connectivity index (χ0n) is 8.41. The number of fused-ring (bicyclic) bond motifs is 1. The van der Waals surface area contributed by atoms with Gasteiger partial charge in [0.05, 0.1) is 0 Å². The van der Waals surface area contributed by atoms with Crippen LogP contribution in [0.4, 0.5) is 19.1 Å². The van der Waals surface area contributed by atoms with Crippen LogP contribution in [0.5, 0.6) is 0 Å². The fourth-order valence-electron chi connectivity index (χ4n) is 1.29. The predicted molar refractivity (Wildman–Crippen MR) is 52.3 cm³/mol. The fourth-order valence-corrected chi connectivity index (χ4v) is 1.29. The smallest absolute Gasteiger partial charge is 0.344 e. The SMILES string of the molecule is Cc1cccc2nc(NCC(F)(F)F)nn12. The Labute approximate surface area is 89.1 Å². The molecule has 0 saturated carbocycles. The van der Waals surface area contributed by atoms with Crippen LogP contribution in [-0.4, -0.2) is 27.3 Å². The standard InChI is InChI=1S/C9H9F3N4/c1-6-3-2-4-7-14-8(15-16(6)7)13-5-9(10,11)12/h2-4H,5H2,1H3,(H,13,15). The Morgan fingerprint density at radius 1 is 1.38 bits per heavy atom. The molecular weight excluding hydrogens is 221 g/mol. The van der Waals surface area contributed by atoms with E-state index in [-0.39, 0.29) is 5.95 Å². The van der Waals surface area contributed by atoms with E-state index in [1.807, 2.05) is 0 Å². The van der Waals surface area contributed by atoms with Gasteiger partial charge in [-0.2, -0.15) is 18.2 Å². The molecule has 0 aromatic carbocycles. The van der Waals surface area contributed by atoms with E-state index in [0.29, 0.717) is 5.65 Å². The number of hydrogen-bond donors (Lipinski definition) is 1. The van der Waals surface area contributed by atoms with Gasteiger partial charge in [-0.3, -0.25) is 0 Å². The Bertz CT molecular complexity index is 503. The molecule has 0 aliphatic carbocycles. The summed E-state index contributed by atoms with van der Waals surface area (Å²) in [6.07, 6.45) is -4.27. The summed E-state index contributed by atoms with van der Waals surface area (Å²) in [6.45, 7) is 0.665. The van der Waals surface area contributed by atoms with Crippen molar-refractivity contribution in [2.45, 2.75) is 13.1 Å². The number of pyridine rings is 1. The molecule has 7 heteroatoms. The molecule has 0 aliphatic heterocycles. The first-order chi connectivity index (χ1) is 7.46. The lowest BCUT2D eigenvalue weighted by Gasteiger charge is -2.04. The van der Waals surface area contributed by atoms with Crippen molar-refractivity contribution in [3.8, 4) is 0 Å². The summed E-state index contributed by atoms with van der Waals surface area (Å²) in [5, 5.41) is 6.04. The summed E-state index contributed by atoms with van der Waals surface area (Å²) in [7, 11) is 0. The lowest BCUT2D eigenvalue weighted by Crippen LogP contribution is -2.21. The summed E-state index contributed by atoms with van der Waals surface area (Å²) in [4.78, 5) is 3.92. The molecule has 2 aromatic rings. The van der Waals surface area contributed by atoms with Crippen LogP contribution in [0.25, 0.3) is 5.65 Å². The molecule has 1 N–H and O–H groups in total. The number of alkyl halides is 3. The molecule has 0 saturated heterocycles. The Morgan fingerprint density at radius 3 is 2.75 bits per heavy atom. The van der Waals surface area contributed by atoms with E-state index in [1.165, 1.54) is 4.52 Å². The monoisotopic (exact) mass is 230 g/mol. The van der Waals surface area contributed by atoms with Crippen molar-refractivity contribution in [2.24, 2.45) is 0 Å². The van der Waals surface area contributed by atoms with Gasteiger partial charge in [0.15, 0.2) is 5.65 Å². The number of halogens is 3. The van der Waals surface area contributed by atoms with Crippen LogP contribution >= 0.6 is 0 Å². The molecule has 0 aliphatic rings. The minimum absolute atomic E-state index is 0.0216. The van der Waals surface area contributed by atoms with Crippen molar-refractivity contribution in [1.82, 2.24) is 14.6 Å². The van der Waals surface area contributed by atoms with Gasteiger partial charge in [0.2, 0.25) is 5.95 Å². The van der Waals surface area contributed by atoms with Crippen LogP contribution in [0.2, 0.25) is 0 Å². The minimum Gasteiger partial charge on any atom is -0.344 e. The van der Waals surface area contributed by atoms with Crippen LogP contribution < -0.4 is 5.32 Å². The van der Waals surface area contributed by atoms with Gasteiger partial charge in [0.25, 0.3) is 0 Å². The van der Waals surface area contributed by atoms with Gasteiger partial charge in [0, 0.05) is 5.69 Å². The second-order valence-corrected chi connectivity index (χ2v) is 3.34. The molecule has 2 heterocycles. The molecule has 86 valence electrons. The van der Waals surface area contributed by atoms with E-state index < -0.39 is 12.7 Å². The first-order valence-electron chi connectivity index (χ1n) is 4.59. The highest BCUT2D eigenvalue weighted by atomic mass is 19.4. The van der Waals surface area contributed by atoms with Crippen molar-refractivity contribution in [2.75, 3.05) is 11.9 Å². The largest absolute Gasteiger partial charge is 0.405 e. The van der Waals surface area contributed by atoms with E-state index in [2.05, 4.69) is 15.4 Å². The highest BCUT2D eigenvalue weighted by Gasteiger charge is 2.27. The van der Waals surface area contributed by atoms with Crippen LogP contribution in [0, 0.1) is 6.92 Å². The van der Waals surface area contributed by atoms with Crippen molar-refractivity contribution < 1.29 is 13.2 Å². The van der Waals surface area contributed by atoms with Crippen LogP contribution in [0.3, 0.4) is 0 Å². The van der Waals surface area contributed by atoms with Gasteiger partial charge in [-0.25, -0.2) is 4.52 Å². The molecule has 2 rings (SSSR count). The fraction of sp³-hybridized carbons (Fsp3) is 0.333. The maximum atomic E-state index is 12.0.